The van der Waals surface area contributed by atoms with Gasteiger partial charge in [0.1, 0.15) is 18.4 Å². The minimum absolute atomic E-state index is 0.0962. The van der Waals surface area contributed by atoms with Crippen LogP contribution in [-0.2, 0) is 23.0 Å². The fourth-order valence-electron chi connectivity index (χ4n) is 2.68. The maximum absolute atomic E-state index is 12.6. The number of nitrogens with zero attached hydrogens (tertiary/aromatic N) is 4. The maximum Gasteiger partial charge on any atom is 0.240 e. The molecule has 0 aliphatic carbocycles. The van der Waals surface area contributed by atoms with Gasteiger partial charge in [0, 0.05) is 24.7 Å². The van der Waals surface area contributed by atoms with Crippen molar-refractivity contribution in [1.29, 1.82) is 0 Å². The fourth-order valence-corrected chi connectivity index (χ4v) is 3.74. The largest absolute Gasteiger partial charge is 0.493 e. The van der Waals surface area contributed by atoms with E-state index in [1.54, 1.807) is 36.5 Å². The molecule has 3 aromatic rings. The van der Waals surface area contributed by atoms with Crippen LogP contribution in [0.5, 0.6) is 5.75 Å². The number of ether oxygens (including phenoxy) is 1. The lowest BCUT2D eigenvalue weighted by atomic mass is 10.2. The van der Waals surface area contributed by atoms with Crippen molar-refractivity contribution in [2.24, 2.45) is 0 Å². The van der Waals surface area contributed by atoms with Gasteiger partial charge in [-0.1, -0.05) is 6.07 Å². The molecule has 0 radical (unpaired) electrons. The van der Waals surface area contributed by atoms with Crippen molar-refractivity contribution in [3.8, 4) is 11.6 Å². The first-order valence-corrected chi connectivity index (χ1v) is 9.16. The van der Waals surface area contributed by atoms with Crippen molar-refractivity contribution in [2.45, 2.75) is 17.9 Å². The van der Waals surface area contributed by atoms with Crippen LogP contribution in [-0.4, -0.2) is 34.8 Å². The van der Waals surface area contributed by atoms with Gasteiger partial charge in [-0.05, 0) is 29.8 Å². The standard InChI is InChI=1S/C16H15N5O3S/c22-25(23,14-3-4-15-12(8-14)5-7-24-15)20-9-13-2-1-6-18-16(13)21-11-17-10-19-21/h1-4,6,8,10-11,20H,5,7,9H2. The highest BCUT2D eigenvalue weighted by molar-refractivity contribution is 7.89. The number of hydrogen-bond donors (Lipinski definition) is 1. The molecule has 0 bridgehead atoms. The summed E-state index contributed by atoms with van der Waals surface area (Å²) in [6.07, 6.45) is 5.25. The minimum Gasteiger partial charge on any atom is -0.493 e. The topological polar surface area (TPSA) is 99.0 Å². The molecule has 8 nitrogen and oxygen atoms in total. The number of fused-ring (bicyclic) bond motifs is 1. The third-order valence-electron chi connectivity index (χ3n) is 3.93. The predicted molar refractivity (Wildman–Crippen MR) is 88.8 cm³/mol. The molecule has 0 saturated carbocycles. The monoisotopic (exact) mass is 357 g/mol. The quantitative estimate of drug-likeness (QED) is 0.733. The molecule has 9 heteroatoms. The highest BCUT2D eigenvalue weighted by Crippen LogP contribution is 2.27. The van der Waals surface area contributed by atoms with E-state index in [-0.39, 0.29) is 11.4 Å². The van der Waals surface area contributed by atoms with Gasteiger partial charge in [-0.3, -0.25) is 0 Å². The fraction of sp³-hybridized carbons (Fsp3) is 0.188. The number of aromatic nitrogens is 4. The van der Waals surface area contributed by atoms with Crippen molar-refractivity contribution in [2.75, 3.05) is 6.61 Å². The normalized spacial score (nSPS) is 13.4. The molecule has 25 heavy (non-hydrogen) atoms. The first-order valence-electron chi connectivity index (χ1n) is 7.68. The molecule has 0 atom stereocenters. The molecule has 0 amide bonds. The summed E-state index contributed by atoms with van der Waals surface area (Å²) in [7, 11) is -3.64. The first kappa shape index (κ1) is 15.7. The van der Waals surface area contributed by atoms with Gasteiger partial charge in [0.25, 0.3) is 0 Å². The molecule has 4 rings (SSSR count). The Morgan fingerprint density at radius 2 is 2.20 bits per heavy atom. The predicted octanol–water partition coefficient (Wildman–Crippen LogP) is 1.08. The summed E-state index contributed by atoms with van der Waals surface area (Å²) >= 11 is 0. The van der Waals surface area contributed by atoms with Gasteiger partial charge in [-0.2, -0.15) is 5.10 Å². The Hall–Kier alpha value is -2.78. The van der Waals surface area contributed by atoms with E-state index in [0.717, 1.165) is 17.7 Å². The molecule has 2 aromatic heterocycles. The lowest BCUT2D eigenvalue weighted by molar-refractivity contribution is 0.356. The van der Waals surface area contributed by atoms with Crippen LogP contribution in [0.4, 0.5) is 0 Å². The summed E-state index contributed by atoms with van der Waals surface area (Å²) < 4.78 is 34.7. The van der Waals surface area contributed by atoms with E-state index >= 15 is 0 Å². The van der Waals surface area contributed by atoms with Gasteiger partial charge in [-0.25, -0.2) is 27.8 Å². The molecule has 1 aromatic carbocycles. The number of sulfonamides is 1. The Labute approximate surface area is 144 Å². The van der Waals surface area contributed by atoms with Crippen molar-refractivity contribution in [1.82, 2.24) is 24.5 Å². The van der Waals surface area contributed by atoms with Crippen LogP contribution in [0.3, 0.4) is 0 Å². The number of nitrogens with one attached hydrogen (secondary N) is 1. The number of pyridine rings is 1. The molecular weight excluding hydrogens is 342 g/mol. The molecule has 1 aliphatic heterocycles. The summed E-state index contributed by atoms with van der Waals surface area (Å²) in [5, 5.41) is 4.04. The average molecular weight is 357 g/mol. The maximum atomic E-state index is 12.6. The average Bonchev–Trinajstić information content (AvgIpc) is 3.31. The molecule has 1 N–H and O–H groups in total. The lowest BCUT2D eigenvalue weighted by Gasteiger charge is -2.10. The third kappa shape index (κ3) is 3.11. The zero-order valence-corrected chi connectivity index (χ0v) is 14.0. The van der Waals surface area contributed by atoms with Crippen LogP contribution in [0.2, 0.25) is 0 Å². The van der Waals surface area contributed by atoms with Crippen molar-refractivity contribution in [3.63, 3.8) is 0 Å². The molecule has 128 valence electrons. The Morgan fingerprint density at radius 3 is 3.04 bits per heavy atom. The summed E-state index contributed by atoms with van der Waals surface area (Å²) in [4.78, 5) is 8.37. The number of rotatable bonds is 5. The van der Waals surface area contributed by atoms with E-state index < -0.39 is 10.0 Å². The third-order valence-corrected chi connectivity index (χ3v) is 5.33. The summed E-state index contributed by atoms with van der Waals surface area (Å²) in [5.74, 6) is 1.28. The van der Waals surface area contributed by atoms with Crippen LogP contribution >= 0.6 is 0 Å². The number of benzene rings is 1. The Balaban J connectivity index is 1.57. The van der Waals surface area contributed by atoms with E-state index in [1.807, 2.05) is 0 Å². The smallest absolute Gasteiger partial charge is 0.240 e. The summed E-state index contributed by atoms with van der Waals surface area (Å²) in [6, 6.07) is 8.45. The molecule has 0 saturated heterocycles. The van der Waals surface area contributed by atoms with E-state index in [2.05, 4.69) is 19.8 Å². The van der Waals surface area contributed by atoms with Crippen molar-refractivity contribution >= 4 is 10.0 Å². The van der Waals surface area contributed by atoms with Gasteiger partial charge >= 0.3 is 0 Å². The Bertz CT molecular complexity index is 1000. The first-order chi connectivity index (χ1) is 12.1. The summed E-state index contributed by atoms with van der Waals surface area (Å²) in [6.45, 7) is 0.683. The molecule has 0 fully saturated rings. The zero-order valence-electron chi connectivity index (χ0n) is 13.2. The van der Waals surface area contributed by atoms with E-state index in [9.17, 15) is 8.42 Å². The van der Waals surface area contributed by atoms with Crippen LogP contribution < -0.4 is 9.46 Å². The second-order valence-electron chi connectivity index (χ2n) is 5.52. The highest BCUT2D eigenvalue weighted by Gasteiger charge is 2.19. The van der Waals surface area contributed by atoms with E-state index in [4.69, 9.17) is 4.74 Å². The van der Waals surface area contributed by atoms with Crippen LogP contribution in [0, 0.1) is 0 Å². The molecule has 0 unspecified atom stereocenters. The van der Waals surface area contributed by atoms with Gasteiger partial charge in [-0.15, -0.1) is 0 Å². The Kier molecular flexibility index (Phi) is 3.94. The molecule has 3 heterocycles. The molecule has 1 aliphatic rings. The molecular formula is C16H15N5O3S. The van der Waals surface area contributed by atoms with Crippen molar-refractivity contribution < 1.29 is 13.2 Å². The van der Waals surface area contributed by atoms with Crippen LogP contribution in [0.15, 0.2) is 54.1 Å². The number of hydrogen-bond acceptors (Lipinski definition) is 6. The lowest BCUT2D eigenvalue weighted by Crippen LogP contribution is -2.24. The Morgan fingerprint density at radius 1 is 1.28 bits per heavy atom. The van der Waals surface area contributed by atoms with E-state index in [0.29, 0.717) is 18.0 Å². The SMILES string of the molecule is O=S(=O)(NCc1cccnc1-n1cncn1)c1ccc2c(c1)CCO2. The van der Waals surface area contributed by atoms with Gasteiger partial charge in [0.05, 0.1) is 11.5 Å². The van der Waals surface area contributed by atoms with Gasteiger partial charge < -0.3 is 4.74 Å². The molecule has 0 spiro atoms. The second kappa shape index (κ2) is 6.26. The van der Waals surface area contributed by atoms with Crippen molar-refractivity contribution in [3.05, 3.63) is 60.3 Å². The van der Waals surface area contributed by atoms with Crippen LogP contribution in [0.1, 0.15) is 11.1 Å². The second-order valence-corrected chi connectivity index (χ2v) is 7.29. The highest BCUT2D eigenvalue weighted by atomic mass is 32.2. The summed E-state index contributed by atoms with van der Waals surface area (Å²) in [5.41, 5.74) is 1.61. The minimum atomic E-state index is -3.64. The zero-order chi connectivity index (χ0) is 17.3. The van der Waals surface area contributed by atoms with Gasteiger partial charge in [0.15, 0.2) is 5.82 Å². The van der Waals surface area contributed by atoms with E-state index in [1.165, 1.54) is 17.3 Å². The van der Waals surface area contributed by atoms with Gasteiger partial charge in [0.2, 0.25) is 10.0 Å². The van der Waals surface area contributed by atoms with Crippen LogP contribution in [0.25, 0.3) is 5.82 Å².